The highest BCUT2D eigenvalue weighted by molar-refractivity contribution is 5.27. The van der Waals surface area contributed by atoms with Gasteiger partial charge in [0.2, 0.25) is 0 Å². The van der Waals surface area contributed by atoms with Gasteiger partial charge < -0.3 is 0 Å². The van der Waals surface area contributed by atoms with Crippen molar-refractivity contribution < 1.29 is 9.26 Å². The lowest BCUT2D eigenvalue weighted by atomic mass is 10.3. The molecule has 0 aromatic heterocycles. The average Bonchev–Trinajstić information content (AvgIpc) is 1.88. The highest BCUT2D eigenvalue weighted by Gasteiger charge is 2.08. The molecule has 1 rings (SSSR count). The zero-order valence-electron chi connectivity index (χ0n) is 5.04. The van der Waals surface area contributed by atoms with E-state index >= 15 is 0 Å². The number of nitroso groups, excluding NO2 is 1. The number of hydrazine groups is 1. The van der Waals surface area contributed by atoms with Crippen molar-refractivity contribution in [2.75, 3.05) is 0 Å². The molecule has 1 aromatic rings. The SMILES string of the molecule is N[N+](=O)c1[c]ccc(F)c1. The molecular weight excluding hydrogens is 135 g/mol. The van der Waals surface area contributed by atoms with Gasteiger partial charge in [-0.2, -0.15) is 5.84 Å². The number of halogens is 1. The van der Waals surface area contributed by atoms with Crippen LogP contribution in [-0.4, -0.2) is 4.87 Å². The summed E-state index contributed by atoms with van der Waals surface area (Å²) in [6.07, 6.45) is 0. The van der Waals surface area contributed by atoms with Crippen molar-refractivity contribution in [3.63, 3.8) is 0 Å². The molecule has 0 aliphatic rings. The van der Waals surface area contributed by atoms with Gasteiger partial charge in [-0.25, -0.2) is 4.39 Å². The van der Waals surface area contributed by atoms with E-state index in [0.717, 1.165) is 6.07 Å². The van der Waals surface area contributed by atoms with E-state index < -0.39 is 5.82 Å². The molecule has 0 fully saturated rings. The second-order valence-electron chi connectivity index (χ2n) is 1.72. The van der Waals surface area contributed by atoms with Gasteiger partial charge in [0.1, 0.15) is 5.82 Å². The molecule has 0 heterocycles. The van der Waals surface area contributed by atoms with Gasteiger partial charge in [-0.15, -0.1) is 0 Å². The summed E-state index contributed by atoms with van der Waals surface area (Å²) in [5.41, 5.74) is -0.0139. The van der Waals surface area contributed by atoms with Gasteiger partial charge in [-0.1, -0.05) is 0 Å². The number of hydrogen-bond acceptors (Lipinski definition) is 1. The second-order valence-corrected chi connectivity index (χ2v) is 1.72. The molecule has 1 radical (unpaired) electrons. The van der Waals surface area contributed by atoms with E-state index in [9.17, 15) is 9.30 Å². The van der Waals surface area contributed by atoms with Gasteiger partial charge in [0.15, 0.2) is 4.87 Å². The van der Waals surface area contributed by atoms with Crippen LogP contribution in [-0.2, 0) is 0 Å². The van der Waals surface area contributed by atoms with Crippen molar-refractivity contribution in [3.05, 3.63) is 35.0 Å². The molecule has 0 bridgehead atoms. The van der Waals surface area contributed by atoms with E-state index in [1.807, 2.05) is 0 Å². The van der Waals surface area contributed by atoms with Gasteiger partial charge in [0.25, 0.3) is 0 Å². The first-order chi connectivity index (χ1) is 4.70. The van der Waals surface area contributed by atoms with Crippen molar-refractivity contribution in [1.82, 2.24) is 0 Å². The van der Waals surface area contributed by atoms with Crippen molar-refractivity contribution in [3.8, 4) is 0 Å². The van der Waals surface area contributed by atoms with Crippen molar-refractivity contribution in [2.24, 2.45) is 5.84 Å². The molecule has 0 saturated heterocycles. The Hall–Kier alpha value is -1.45. The predicted molar refractivity (Wildman–Crippen MR) is 32.7 cm³/mol. The summed E-state index contributed by atoms with van der Waals surface area (Å²) in [5.74, 6) is 4.26. The fourth-order valence-electron chi connectivity index (χ4n) is 0.554. The summed E-state index contributed by atoms with van der Waals surface area (Å²) in [5, 5.41) is 0. The molecule has 2 N–H and O–H groups in total. The van der Waals surface area contributed by atoms with Crippen LogP contribution >= 0.6 is 0 Å². The lowest BCUT2D eigenvalue weighted by Gasteiger charge is -1.84. The summed E-state index contributed by atoms with van der Waals surface area (Å²) in [6, 6.07) is 5.95. The first kappa shape index (κ1) is 6.67. The van der Waals surface area contributed by atoms with E-state index in [2.05, 4.69) is 6.07 Å². The van der Waals surface area contributed by atoms with Crippen LogP contribution in [0.1, 0.15) is 0 Å². The number of nitrogens with zero attached hydrogens (tertiary/aromatic N) is 1. The van der Waals surface area contributed by atoms with Crippen LogP contribution in [0.25, 0.3) is 0 Å². The Balaban J connectivity index is 3.07. The molecule has 0 aliphatic carbocycles. The van der Waals surface area contributed by atoms with Crippen LogP contribution in [0.2, 0.25) is 0 Å². The third-order valence-electron chi connectivity index (χ3n) is 0.986. The molecule has 0 amide bonds. The molecule has 0 aliphatic heterocycles. The first-order valence-corrected chi connectivity index (χ1v) is 2.59. The molecule has 0 saturated carbocycles. The van der Waals surface area contributed by atoms with E-state index in [-0.39, 0.29) is 10.6 Å². The standard InChI is InChI=1S/C6H5FN2O/c7-5-2-1-3-6(4-5)9(8)10/h1-2,4H,(H2,8,10)/q+1. The molecule has 51 valence electrons. The summed E-state index contributed by atoms with van der Waals surface area (Å²) in [6.45, 7) is 0. The summed E-state index contributed by atoms with van der Waals surface area (Å²) < 4.78 is 12.3. The average molecular weight is 140 g/mol. The number of nitrogens with two attached hydrogens (primary N) is 1. The third-order valence-corrected chi connectivity index (χ3v) is 0.986. The van der Waals surface area contributed by atoms with E-state index in [1.54, 1.807) is 0 Å². The van der Waals surface area contributed by atoms with E-state index in [0.29, 0.717) is 0 Å². The lowest BCUT2D eigenvalue weighted by molar-refractivity contribution is -0.475. The van der Waals surface area contributed by atoms with Crippen LogP contribution in [0.15, 0.2) is 18.2 Å². The molecule has 4 heteroatoms. The van der Waals surface area contributed by atoms with Gasteiger partial charge in [0.05, 0.1) is 17.0 Å². The Morgan fingerprint density at radius 1 is 1.70 bits per heavy atom. The maximum absolute atomic E-state index is 12.3. The minimum atomic E-state index is -0.500. The summed E-state index contributed by atoms with van der Waals surface area (Å²) >= 11 is 0. The molecule has 3 nitrogen and oxygen atoms in total. The third kappa shape index (κ3) is 1.28. The van der Waals surface area contributed by atoms with E-state index in [1.165, 1.54) is 12.1 Å². The molecule has 0 spiro atoms. The van der Waals surface area contributed by atoms with Crippen molar-refractivity contribution in [2.45, 2.75) is 0 Å². The Morgan fingerprint density at radius 3 is 2.80 bits per heavy atom. The van der Waals surface area contributed by atoms with Crippen molar-refractivity contribution in [1.29, 1.82) is 0 Å². The first-order valence-electron chi connectivity index (χ1n) is 2.59. The quantitative estimate of drug-likeness (QED) is 0.358. The Labute approximate surface area is 56.8 Å². The zero-order chi connectivity index (χ0) is 7.56. The Kier molecular flexibility index (Phi) is 1.62. The minimum absolute atomic E-state index is 0.0139. The Morgan fingerprint density at radius 2 is 2.40 bits per heavy atom. The zero-order valence-corrected chi connectivity index (χ0v) is 5.04. The monoisotopic (exact) mass is 140 g/mol. The summed E-state index contributed by atoms with van der Waals surface area (Å²) in [4.78, 5) is 10.4. The maximum Gasteiger partial charge on any atom is 0.302 e. The van der Waals surface area contributed by atoms with Crippen molar-refractivity contribution >= 4 is 5.69 Å². The predicted octanol–water partition coefficient (Wildman–Crippen LogP) is 0.910. The highest BCUT2D eigenvalue weighted by Crippen LogP contribution is 2.08. The van der Waals surface area contributed by atoms with Crippen LogP contribution in [0.4, 0.5) is 10.1 Å². The molecule has 0 unspecified atom stereocenters. The van der Waals surface area contributed by atoms with Gasteiger partial charge >= 0.3 is 5.69 Å². The minimum Gasteiger partial charge on any atom is -0.207 e. The van der Waals surface area contributed by atoms with Crippen LogP contribution in [0.5, 0.6) is 0 Å². The van der Waals surface area contributed by atoms with Crippen LogP contribution in [0, 0.1) is 16.8 Å². The normalized spacial score (nSPS) is 9.30. The number of hydrogen-bond donors (Lipinski definition) is 1. The highest BCUT2D eigenvalue weighted by atomic mass is 19.1. The van der Waals surface area contributed by atoms with E-state index in [4.69, 9.17) is 5.84 Å². The number of rotatable bonds is 1. The van der Waals surface area contributed by atoms with Gasteiger partial charge in [0, 0.05) is 0 Å². The fourth-order valence-corrected chi connectivity index (χ4v) is 0.554. The fraction of sp³-hybridized carbons (Fsp3) is 0. The van der Waals surface area contributed by atoms with Crippen LogP contribution < -0.4 is 5.84 Å². The van der Waals surface area contributed by atoms with Gasteiger partial charge in [-0.3, -0.25) is 0 Å². The smallest absolute Gasteiger partial charge is 0.207 e. The number of benzene rings is 1. The molecule has 0 atom stereocenters. The topological polar surface area (TPSA) is 46.1 Å². The molecule has 10 heavy (non-hydrogen) atoms. The second kappa shape index (κ2) is 2.43. The molecule has 1 aromatic carbocycles. The lowest BCUT2D eigenvalue weighted by Crippen LogP contribution is -2.08. The Bertz CT molecular complexity index is 262. The largest absolute Gasteiger partial charge is 0.302 e. The van der Waals surface area contributed by atoms with Crippen LogP contribution in [0.3, 0.4) is 0 Å². The molecular formula is C6H5FN2O+. The summed E-state index contributed by atoms with van der Waals surface area (Å²) in [7, 11) is 0. The maximum atomic E-state index is 12.3. The van der Waals surface area contributed by atoms with Gasteiger partial charge in [-0.05, 0) is 12.1 Å².